The van der Waals surface area contributed by atoms with Gasteiger partial charge in [0.25, 0.3) is 5.91 Å². The smallest absolute Gasteiger partial charge is 0.416 e. The predicted octanol–water partition coefficient (Wildman–Crippen LogP) is 5.89. The van der Waals surface area contributed by atoms with Gasteiger partial charge in [-0.2, -0.15) is 23.3 Å². The number of rotatable bonds is 7. The first-order chi connectivity index (χ1) is 20.0. The van der Waals surface area contributed by atoms with Gasteiger partial charge in [0.1, 0.15) is 5.60 Å². The van der Waals surface area contributed by atoms with Gasteiger partial charge in [-0.05, 0) is 74.0 Å². The molecule has 0 saturated carbocycles. The van der Waals surface area contributed by atoms with Crippen LogP contribution in [-0.4, -0.2) is 80.7 Å². The summed E-state index contributed by atoms with van der Waals surface area (Å²) >= 11 is 6.95. The Morgan fingerprint density at radius 3 is 2.56 bits per heavy atom. The summed E-state index contributed by atoms with van der Waals surface area (Å²) in [5, 5.41) is 15.9. The van der Waals surface area contributed by atoms with E-state index in [2.05, 4.69) is 10.1 Å². The fraction of sp³-hybridized carbons (Fsp3) is 0.379. The molecular weight excluding hydrogens is 607 g/mol. The molecule has 2 heterocycles. The number of aliphatic hydroxyl groups excluding tert-OH is 1. The number of carbonyl (C=O) groups excluding carboxylic acids is 2. The van der Waals surface area contributed by atoms with Crippen LogP contribution in [0.5, 0.6) is 0 Å². The number of aromatic nitrogens is 2. The van der Waals surface area contributed by atoms with Crippen molar-refractivity contribution in [3.63, 3.8) is 0 Å². The van der Waals surface area contributed by atoms with E-state index in [9.17, 15) is 27.9 Å². The zero-order chi connectivity index (χ0) is 31.7. The molecule has 0 bridgehead atoms. The van der Waals surface area contributed by atoms with Crippen LogP contribution in [0.25, 0.3) is 17.0 Å². The Hall–Kier alpha value is -3.55. The third-order valence-electron chi connectivity index (χ3n) is 6.27. The first-order valence-electron chi connectivity index (χ1n) is 13.2. The minimum absolute atomic E-state index is 0.00119. The molecule has 43 heavy (non-hydrogen) atoms. The lowest BCUT2D eigenvalue weighted by Crippen LogP contribution is -2.42. The number of alkyl halides is 3. The Bertz CT molecular complexity index is 1600. The van der Waals surface area contributed by atoms with Gasteiger partial charge in [0.2, 0.25) is 0 Å². The van der Waals surface area contributed by atoms with E-state index in [-0.39, 0.29) is 30.2 Å². The van der Waals surface area contributed by atoms with Gasteiger partial charge in [0.05, 0.1) is 41.4 Å². The predicted molar refractivity (Wildman–Crippen MR) is 161 cm³/mol. The molecule has 9 nitrogen and oxygen atoms in total. The van der Waals surface area contributed by atoms with Crippen LogP contribution >= 0.6 is 23.4 Å². The van der Waals surface area contributed by atoms with E-state index < -0.39 is 35.4 Å². The summed E-state index contributed by atoms with van der Waals surface area (Å²) in [6, 6.07) is 8.91. The molecule has 230 valence electrons. The molecule has 1 unspecified atom stereocenters. The highest BCUT2D eigenvalue weighted by atomic mass is 35.5. The molecule has 0 radical (unpaired) electrons. The number of aliphatic imine (C=N–C) groups is 1. The maximum atomic E-state index is 13.5. The van der Waals surface area contributed by atoms with E-state index in [1.54, 1.807) is 63.2 Å². The highest BCUT2D eigenvalue weighted by Gasteiger charge is 2.34. The highest BCUT2D eigenvalue weighted by Crippen LogP contribution is 2.35. The summed E-state index contributed by atoms with van der Waals surface area (Å²) in [7, 11) is 3.21. The third kappa shape index (κ3) is 8.30. The van der Waals surface area contributed by atoms with Crippen LogP contribution in [0.15, 0.2) is 52.5 Å². The number of nitrogens with zero attached hydrogens (tertiary/aromatic N) is 5. The highest BCUT2D eigenvalue weighted by molar-refractivity contribution is 8.18. The Morgan fingerprint density at radius 2 is 1.88 bits per heavy atom. The number of hydrogen-bond donors (Lipinski definition) is 1. The molecule has 1 aliphatic rings. The van der Waals surface area contributed by atoms with Gasteiger partial charge in [0, 0.05) is 31.0 Å². The average molecular weight is 638 g/mol. The molecule has 3 aromatic rings. The van der Waals surface area contributed by atoms with Crippen LogP contribution in [0.1, 0.15) is 37.5 Å². The molecule has 0 spiro atoms. The number of fused-ring (bicyclic) bond motifs is 1. The SMILES string of the molecule is CN(CC(O)CN(C)C1=NC(=O)C(=Cc2ccc3c(cnn3Cc3ccc(Cl)cc3C(F)(F)F)c2)S1)C(=O)OC(C)(C)C. The van der Waals surface area contributed by atoms with Crippen LogP contribution in [0, 0.1) is 0 Å². The monoisotopic (exact) mass is 637 g/mol. The number of halogens is 4. The number of amides is 2. The van der Waals surface area contributed by atoms with Crippen molar-refractivity contribution in [2.24, 2.45) is 4.99 Å². The second kappa shape index (κ2) is 12.6. The van der Waals surface area contributed by atoms with E-state index in [0.29, 0.717) is 26.5 Å². The van der Waals surface area contributed by atoms with E-state index in [4.69, 9.17) is 16.3 Å². The second-order valence-electron chi connectivity index (χ2n) is 11.1. The van der Waals surface area contributed by atoms with Crippen molar-refractivity contribution < 1.29 is 32.6 Å². The summed E-state index contributed by atoms with van der Waals surface area (Å²) in [5.74, 6) is -0.439. The number of hydrogen-bond acceptors (Lipinski definition) is 7. The zero-order valence-corrected chi connectivity index (χ0v) is 25.7. The Balaban J connectivity index is 1.41. The maximum Gasteiger partial charge on any atom is 0.416 e. The van der Waals surface area contributed by atoms with Crippen molar-refractivity contribution in [2.75, 3.05) is 27.2 Å². The molecule has 1 aromatic heterocycles. The first kappa shape index (κ1) is 32.4. The number of ether oxygens (including phenoxy) is 1. The standard InChI is InChI=1S/C29H31ClF3N5O4S/c1-28(2,3)42-27(41)37(5)16-21(39)15-36(4)26-35-25(40)24(43-26)11-17-6-9-23-19(10-17)13-34-38(23)14-18-7-8-20(30)12-22(18)29(31,32)33/h6-13,21,39H,14-16H2,1-5H3. The number of likely N-dealkylation sites (N-methyl/N-ethyl adjacent to an activating group) is 2. The summed E-state index contributed by atoms with van der Waals surface area (Å²) in [4.78, 5) is 32.2. The fourth-order valence-corrected chi connectivity index (χ4v) is 5.38. The van der Waals surface area contributed by atoms with E-state index >= 15 is 0 Å². The molecule has 4 rings (SSSR count). The van der Waals surface area contributed by atoms with Crippen LogP contribution in [-0.2, 0) is 22.3 Å². The number of amidine groups is 1. The molecule has 0 aliphatic carbocycles. The molecule has 14 heteroatoms. The lowest BCUT2D eigenvalue weighted by molar-refractivity contribution is -0.138. The van der Waals surface area contributed by atoms with Crippen molar-refractivity contribution in [3.05, 3.63) is 69.2 Å². The number of benzene rings is 2. The first-order valence-corrected chi connectivity index (χ1v) is 14.4. The normalized spacial score (nSPS) is 15.6. The molecule has 1 N–H and O–H groups in total. The Morgan fingerprint density at radius 1 is 1.16 bits per heavy atom. The van der Waals surface area contributed by atoms with Gasteiger partial charge in [-0.25, -0.2) is 4.79 Å². The third-order valence-corrected chi connectivity index (χ3v) is 7.60. The average Bonchev–Trinajstić information content (AvgIpc) is 3.46. The topological polar surface area (TPSA) is 100 Å². The lowest BCUT2D eigenvalue weighted by atomic mass is 10.1. The number of carbonyl (C=O) groups is 2. The van der Waals surface area contributed by atoms with E-state index in [1.165, 1.54) is 28.8 Å². The summed E-state index contributed by atoms with van der Waals surface area (Å²) in [6.07, 6.45) is -2.82. The fourth-order valence-electron chi connectivity index (χ4n) is 4.33. The second-order valence-corrected chi connectivity index (χ2v) is 12.6. The van der Waals surface area contributed by atoms with E-state index in [1.807, 2.05) is 0 Å². The van der Waals surface area contributed by atoms with Gasteiger partial charge in [0.15, 0.2) is 5.17 Å². The maximum absolute atomic E-state index is 13.5. The van der Waals surface area contributed by atoms with Gasteiger partial charge in [-0.3, -0.25) is 9.48 Å². The molecule has 0 fully saturated rings. The van der Waals surface area contributed by atoms with Crippen molar-refractivity contribution in [3.8, 4) is 0 Å². The molecule has 2 aromatic carbocycles. The lowest BCUT2D eigenvalue weighted by Gasteiger charge is -2.27. The van der Waals surface area contributed by atoms with Gasteiger partial charge in [-0.15, -0.1) is 0 Å². The number of aliphatic hydroxyl groups is 1. The summed E-state index contributed by atoms with van der Waals surface area (Å²) < 4.78 is 47.4. The van der Waals surface area contributed by atoms with Crippen molar-refractivity contribution in [1.29, 1.82) is 0 Å². The van der Waals surface area contributed by atoms with Gasteiger partial charge in [-0.1, -0.05) is 23.7 Å². The van der Waals surface area contributed by atoms with Crippen LogP contribution in [0.2, 0.25) is 5.02 Å². The van der Waals surface area contributed by atoms with Gasteiger partial charge < -0.3 is 19.6 Å². The zero-order valence-electron chi connectivity index (χ0n) is 24.1. The summed E-state index contributed by atoms with van der Waals surface area (Å²) in [5.41, 5.74) is -0.128. The summed E-state index contributed by atoms with van der Waals surface area (Å²) in [6.45, 7) is 5.30. The molecule has 1 aliphatic heterocycles. The number of thioether (sulfide) groups is 1. The molecular formula is C29H31ClF3N5O4S. The van der Waals surface area contributed by atoms with Crippen LogP contribution < -0.4 is 0 Å². The Labute approximate surface area is 255 Å². The minimum atomic E-state index is -4.56. The van der Waals surface area contributed by atoms with Gasteiger partial charge >= 0.3 is 12.3 Å². The Kier molecular flexibility index (Phi) is 9.48. The van der Waals surface area contributed by atoms with Crippen LogP contribution in [0.3, 0.4) is 0 Å². The molecule has 2 amide bonds. The quantitative estimate of drug-likeness (QED) is 0.323. The van der Waals surface area contributed by atoms with E-state index in [0.717, 1.165) is 17.8 Å². The van der Waals surface area contributed by atoms with Crippen molar-refractivity contribution >= 4 is 57.5 Å². The minimum Gasteiger partial charge on any atom is -0.444 e. The van der Waals surface area contributed by atoms with Crippen molar-refractivity contribution in [1.82, 2.24) is 19.6 Å². The largest absolute Gasteiger partial charge is 0.444 e. The van der Waals surface area contributed by atoms with Crippen molar-refractivity contribution in [2.45, 2.75) is 45.2 Å². The molecule has 1 atom stereocenters. The molecule has 0 saturated heterocycles. The van der Waals surface area contributed by atoms with Crippen LogP contribution in [0.4, 0.5) is 18.0 Å².